The first-order chi connectivity index (χ1) is 29.6. The molecule has 2 unspecified atom stereocenters. The maximum atomic E-state index is 13.9. The number of alkyl carbamates (subject to hydrolysis) is 1. The van der Waals surface area contributed by atoms with Crippen LogP contribution in [0.4, 0.5) is 4.79 Å². The summed E-state index contributed by atoms with van der Waals surface area (Å²) in [7, 11) is -3.34. The molecule has 0 spiro atoms. The molecule has 1 fully saturated rings. The number of rotatable bonds is 34. The van der Waals surface area contributed by atoms with Gasteiger partial charge in [-0.15, -0.1) is 0 Å². The van der Waals surface area contributed by atoms with E-state index in [4.69, 9.17) is 63.0 Å². The number of alkyl halides is 3. The van der Waals surface area contributed by atoms with Crippen molar-refractivity contribution >= 4 is 60.2 Å². The molecular weight excluding hydrogens is 880 g/mol. The first-order valence-corrected chi connectivity index (χ1v) is 26.8. The average Bonchev–Trinajstić information content (AvgIpc) is 3.20. The average molecular weight is 957 g/mol. The quantitative estimate of drug-likeness (QED) is 0.0223. The van der Waals surface area contributed by atoms with Crippen LogP contribution in [0.3, 0.4) is 0 Å². The van der Waals surface area contributed by atoms with Crippen molar-refractivity contribution in [2.45, 2.75) is 209 Å². The Kier molecular flexibility index (Phi) is 30.0. The summed E-state index contributed by atoms with van der Waals surface area (Å²) in [5, 5.41) is 13.7. The lowest BCUT2D eigenvalue weighted by atomic mass is 9.96. The van der Waals surface area contributed by atoms with E-state index >= 15 is 0 Å². The predicted octanol–water partition coefficient (Wildman–Crippen LogP) is 12.1. The fourth-order valence-electron chi connectivity index (χ4n) is 7.41. The largest absolute Gasteiger partial charge is 0.462 e. The van der Waals surface area contributed by atoms with Crippen LogP contribution >= 0.6 is 42.2 Å². The molecule has 358 valence electrons. The van der Waals surface area contributed by atoms with Crippen LogP contribution < -0.4 is 5.32 Å². The number of carbonyl (C=O) groups is 3. The molecule has 1 amide bonds. The van der Waals surface area contributed by atoms with E-state index < -0.39 is 66.6 Å². The number of ether oxygens (including phenoxy) is 5. The molecule has 1 aliphatic rings. The van der Waals surface area contributed by atoms with Gasteiger partial charge in [0.25, 0.3) is 0 Å². The number of nitrogens with one attached hydrogen (secondary N) is 1. The first-order valence-electron chi connectivity index (χ1n) is 23.2. The van der Waals surface area contributed by atoms with E-state index in [1.165, 1.54) is 90.4 Å². The maximum Gasteiger partial charge on any atom is 0.407 e. The number of aliphatic hydroxyl groups is 1. The Balaban J connectivity index is 2.18. The maximum absolute atomic E-state index is 13.9. The van der Waals surface area contributed by atoms with Crippen molar-refractivity contribution in [1.29, 1.82) is 0 Å². The summed E-state index contributed by atoms with van der Waals surface area (Å²) in [6, 6.07) is 7.87. The van der Waals surface area contributed by atoms with Crippen molar-refractivity contribution in [2.24, 2.45) is 0 Å². The number of amides is 1. The Labute approximate surface area is 387 Å². The number of halogens is 3. The second kappa shape index (κ2) is 32.9. The Bertz CT molecular complexity index is 1400. The minimum absolute atomic E-state index is 0.160. The number of hydrogen-bond donors (Lipinski definition) is 2. The zero-order valence-electron chi connectivity index (χ0n) is 37.8. The van der Waals surface area contributed by atoms with E-state index in [-0.39, 0.29) is 32.0 Å². The van der Waals surface area contributed by atoms with Crippen LogP contribution in [0.5, 0.6) is 0 Å². The third-order valence-corrected chi connectivity index (χ3v) is 11.7. The molecule has 1 heterocycles. The minimum Gasteiger partial charge on any atom is -0.462 e. The van der Waals surface area contributed by atoms with Crippen LogP contribution in [0.25, 0.3) is 0 Å². The number of aliphatic hydroxyl groups excluding tert-OH is 1. The van der Waals surface area contributed by atoms with Gasteiger partial charge >= 0.3 is 18.0 Å². The van der Waals surface area contributed by atoms with Gasteiger partial charge < -0.3 is 38.6 Å². The van der Waals surface area contributed by atoms with Crippen LogP contribution in [0.15, 0.2) is 30.3 Å². The van der Waals surface area contributed by atoms with Gasteiger partial charge in [0, 0.05) is 19.8 Å². The summed E-state index contributed by atoms with van der Waals surface area (Å²) in [6.07, 6.45) is 15.5. The Morgan fingerprint density at radius 2 is 1.31 bits per heavy atom. The fourth-order valence-corrected chi connectivity index (χ4v) is 8.42. The van der Waals surface area contributed by atoms with Crippen LogP contribution in [0.1, 0.15) is 167 Å². The molecule has 0 bridgehead atoms. The number of unbranched alkanes of at least 4 members (excludes halogenated alkanes) is 18. The van der Waals surface area contributed by atoms with Gasteiger partial charge in [-0.05, 0) is 24.8 Å². The molecular formula is C46H77Cl3NO11P. The van der Waals surface area contributed by atoms with Crippen LogP contribution in [0, 0.1) is 0 Å². The van der Waals surface area contributed by atoms with Gasteiger partial charge in [0.15, 0.2) is 19.8 Å². The smallest absolute Gasteiger partial charge is 0.407 e. The third-order valence-electron chi connectivity index (χ3n) is 10.7. The summed E-state index contributed by atoms with van der Waals surface area (Å²) < 4.78 is 46.1. The molecule has 0 aromatic heterocycles. The van der Waals surface area contributed by atoms with Crippen molar-refractivity contribution in [2.75, 3.05) is 26.5 Å². The molecule has 16 heteroatoms. The van der Waals surface area contributed by atoms with Crippen molar-refractivity contribution in [3.8, 4) is 0 Å². The van der Waals surface area contributed by atoms with E-state index in [2.05, 4.69) is 19.2 Å². The van der Waals surface area contributed by atoms with Gasteiger partial charge in [-0.2, -0.15) is 0 Å². The Morgan fingerprint density at radius 3 is 1.84 bits per heavy atom. The van der Waals surface area contributed by atoms with E-state index in [1.807, 2.05) is 30.3 Å². The van der Waals surface area contributed by atoms with Gasteiger partial charge in [0.2, 0.25) is 3.79 Å². The highest BCUT2D eigenvalue weighted by Gasteiger charge is 2.51. The van der Waals surface area contributed by atoms with Crippen LogP contribution in [0.2, 0.25) is 0 Å². The first kappa shape index (κ1) is 56.5. The Morgan fingerprint density at radius 1 is 0.774 bits per heavy atom. The molecule has 2 N–H and O–H groups in total. The van der Waals surface area contributed by atoms with Crippen molar-refractivity contribution in [1.82, 2.24) is 5.32 Å². The van der Waals surface area contributed by atoms with E-state index in [0.717, 1.165) is 50.5 Å². The lowest BCUT2D eigenvalue weighted by Crippen LogP contribution is -2.66. The molecule has 62 heavy (non-hydrogen) atoms. The zero-order valence-corrected chi connectivity index (χ0v) is 41.0. The van der Waals surface area contributed by atoms with Gasteiger partial charge in [-0.3, -0.25) is 14.2 Å². The van der Waals surface area contributed by atoms with Gasteiger partial charge in [0.05, 0.1) is 19.6 Å². The number of benzene rings is 1. The number of esters is 2. The highest BCUT2D eigenvalue weighted by atomic mass is 35.6. The second-order valence-corrected chi connectivity index (χ2v) is 22.2. The molecule has 6 atom stereocenters. The van der Waals surface area contributed by atoms with Gasteiger partial charge in [-0.1, -0.05) is 195 Å². The van der Waals surface area contributed by atoms with Crippen LogP contribution in [-0.4, -0.2) is 90.2 Å². The van der Waals surface area contributed by atoms with E-state index in [1.54, 1.807) is 0 Å². The van der Waals surface area contributed by atoms with Gasteiger partial charge in [-0.25, -0.2) is 4.79 Å². The molecule has 12 nitrogen and oxygen atoms in total. The lowest BCUT2D eigenvalue weighted by Gasteiger charge is -2.44. The van der Waals surface area contributed by atoms with E-state index in [0.29, 0.717) is 12.8 Å². The molecule has 1 saturated heterocycles. The second-order valence-electron chi connectivity index (χ2n) is 16.9. The normalized spacial score (nSPS) is 19.8. The molecule has 1 aromatic rings. The van der Waals surface area contributed by atoms with E-state index in [9.17, 15) is 24.1 Å². The molecule has 0 saturated carbocycles. The third kappa shape index (κ3) is 27.6. The predicted molar refractivity (Wildman–Crippen MR) is 247 cm³/mol. The molecule has 1 aromatic carbocycles. The fraction of sp³-hybridized carbons (Fsp3) is 0.804. The lowest BCUT2D eigenvalue weighted by molar-refractivity contribution is -0.256. The molecule has 0 aliphatic carbocycles. The summed E-state index contributed by atoms with van der Waals surface area (Å²) in [4.78, 5) is 40.0. The number of carbonyl (C=O) groups excluding carboxylic acids is 3. The van der Waals surface area contributed by atoms with Crippen molar-refractivity contribution in [3.63, 3.8) is 0 Å². The topological polar surface area (TPSA) is 156 Å². The summed E-state index contributed by atoms with van der Waals surface area (Å²) in [6.45, 7) is 6.58. The van der Waals surface area contributed by atoms with Gasteiger partial charge in [0.1, 0.15) is 31.0 Å². The van der Waals surface area contributed by atoms with Crippen molar-refractivity contribution in [3.05, 3.63) is 35.9 Å². The summed E-state index contributed by atoms with van der Waals surface area (Å²) >= 11 is 17.3. The highest BCUT2D eigenvalue weighted by Crippen LogP contribution is 2.43. The highest BCUT2D eigenvalue weighted by molar-refractivity contribution is 7.57. The molecule has 0 radical (unpaired) electrons. The summed E-state index contributed by atoms with van der Waals surface area (Å²) in [5.41, 5.74) is 0.869. The number of hydrogen-bond acceptors (Lipinski definition) is 11. The minimum atomic E-state index is -3.34. The zero-order chi connectivity index (χ0) is 45.6. The SMILES string of the molecule is CCCCCCCCCCCCCC(=O)O[C@H](CCCCCCCCCCC)CC(=O)O[C@@H]1C(NC(=O)OCC(Cl)(Cl)Cl)[C@@H](O)OC(COCc2ccccc2)[C@H]1OP(C)(C)=O. The standard InChI is InChI=1S/C46H77Cl3NO11P/c1-5-7-9-11-13-15-16-18-20-22-27-31-39(51)58-37(30-26-21-19-17-14-12-10-8-6-2)32-40(52)60-43-41(50-45(54)57-35-46(47,48)49)44(53)59-38(42(43)61-62(3,4)55)34-56-33-36-28-24-23-25-29-36/h23-25,28-29,37-38,41-44,53H,5-22,26-27,30-35H2,1-4H3,(H,50,54)/t37-,38?,41?,42-,43-,44+/m1/s1. The monoisotopic (exact) mass is 955 g/mol. The molecule has 1 aliphatic heterocycles. The molecule has 2 rings (SSSR count). The Hall–Kier alpha value is -1.63. The van der Waals surface area contributed by atoms with Crippen molar-refractivity contribution < 1.29 is 52.3 Å². The van der Waals surface area contributed by atoms with Crippen LogP contribution in [-0.2, 0) is 49.0 Å². The summed E-state index contributed by atoms with van der Waals surface area (Å²) in [5.74, 6) is -1.16.